The second-order valence-corrected chi connectivity index (χ2v) is 24.1. The van der Waals surface area contributed by atoms with Gasteiger partial charge in [0.15, 0.2) is 12.1 Å². The molecule has 0 saturated carbocycles. The van der Waals surface area contributed by atoms with Gasteiger partial charge in [0, 0.05) is 64.9 Å². The van der Waals surface area contributed by atoms with Crippen molar-refractivity contribution in [3.63, 3.8) is 0 Å². The van der Waals surface area contributed by atoms with E-state index in [1.165, 1.54) is 40.0 Å². The number of benzene rings is 2. The number of fused-ring (bicyclic) bond motifs is 5. The number of carbonyl (C=O) groups is 10. The Balaban J connectivity index is 1.20. The van der Waals surface area contributed by atoms with Gasteiger partial charge in [-0.1, -0.05) is 56.2 Å². The first-order valence-electron chi connectivity index (χ1n) is 29.8. The minimum absolute atomic E-state index is 0.00702. The second-order valence-electron chi connectivity index (χ2n) is 23.7. The molecular weight excluding hydrogens is 1240 g/mol. The molecule has 1 unspecified atom stereocenters. The van der Waals surface area contributed by atoms with Crippen LogP contribution in [0.4, 0.5) is 29.3 Å². The van der Waals surface area contributed by atoms with E-state index in [1.807, 2.05) is 6.92 Å². The predicted molar refractivity (Wildman–Crippen MR) is 322 cm³/mol. The van der Waals surface area contributed by atoms with Crippen LogP contribution in [-0.2, 0) is 74.7 Å². The van der Waals surface area contributed by atoms with E-state index in [0.717, 1.165) is 24.8 Å². The number of aliphatic hydroxyl groups excluding tert-OH is 1. The quantitative estimate of drug-likeness (QED) is 0.0254. The number of likely N-dealkylation sites (N-methyl/N-ethyl adjacent to an activating group) is 1. The van der Waals surface area contributed by atoms with Gasteiger partial charge < -0.3 is 64.5 Å². The number of halogens is 4. The molecule has 8 amide bonds. The zero-order valence-electron chi connectivity index (χ0n) is 52.7. The molecule has 4 aliphatic heterocycles. The van der Waals surface area contributed by atoms with Crippen LogP contribution in [0.3, 0.4) is 0 Å². The van der Waals surface area contributed by atoms with E-state index in [2.05, 4.69) is 26.6 Å². The summed E-state index contributed by atoms with van der Waals surface area (Å²) >= 11 is 6.81. The summed E-state index contributed by atoms with van der Waals surface area (Å²) in [6.07, 6.45) is -8.24. The molecular formula is C61H81ClF3N9O18. The molecule has 92 heavy (non-hydrogen) atoms. The first-order valence-corrected chi connectivity index (χ1v) is 30.2. The topological polar surface area (TPSA) is 366 Å². The molecule has 3 saturated heterocycles. The van der Waals surface area contributed by atoms with E-state index in [4.69, 9.17) is 45.9 Å². The zero-order valence-corrected chi connectivity index (χ0v) is 53.5. The fourth-order valence-corrected chi connectivity index (χ4v) is 11.2. The number of imide groups is 1. The number of unbranched alkanes of at least 4 members (excludes halogenated alkanes) is 1. The number of alkyl halides is 3. The number of rotatable bonds is 23. The van der Waals surface area contributed by atoms with Gasteiger partial charge in [0.25, 0.3) is 17.7 Å². The molecule has 3 fully saturated rings. The molecule has 0 spiro atoms. The molecule has 4 bridgehead atoms. The first kappa shape index (κ1) is 73.3. The van der Waals surface area contributed by atoms with Gasteiger partial charge in [-0.05, 0) is 101 Å². The Hall–Kier alpha value is -7.74. The summed E-state index contributed by atoms with van der Waals surface area (Å²) in [6.45, 7) is 9.41. The Morgan fingerprint density at radius 2 is 1.64 bits per heavy atom. The van der Waals surface area contributed by atoms with Crippen molar-refractivity contribution in [3.05, 3.63) is 75.8 Å². The van der Waals surface area contributed by atoms with Crippen molar-refractivity contribution in [2.24, 2.45) is 17.6 Å². The van der Waals surface area contributed by atoms with Gasteiger partial charge in [-0.25, -0.2) is 14.4 Å². The number of nitrogens with zero attached hydrogens (tertiary/aromatic N) is 3. The Morgan fingerprint density at radius 3 is 2.27 bits per heavy atom. The van der Waals surface area contributed by atoms with Crippen LogP contribution >= 0.6 is 11.6 Å². The maximum absolute atomic E-state index is 15.1. The number of alkyl carbamates (subject to hydrolysis) is 1. The number of carbonyl (C=O) groups excluding carboxylic acids is 10. The molecule has 4 aliphatic rings. The van der Waals surface area contributed by atoms with Crippen molar-refractivity contribution >= 4 is 82.4 Å². The zero-order chi connectivity index (χ0) is 68.3. The Bertz CT molecular complexity index is 3170. The van der Waals surface area contributed by atoms with Gasteiger partial charge in [-0.3, -0.25) is 49.9 Å². The third-order valence-corrected chi connectivity index (χ3v) is 16.8. The smallest absolute Gasteiger partial charge is 0.417 e. The number of allylic oxidation sites excluding steroid dienone is 3. The summed E-state index contributed by atoms with van der Waals surface area (Å²) in [4.78, 5) is 140. The number of epoxide rings is 1. The van der Waals surface area contributed by atoms with Crippen LogP contribution in [0.5, 0.6) is 5.75 Å². The van der Waals surface area contributed by atoms with E-state index < -0.39 is 161 Å². The first-order chi connectivity index (χ1) is 43.1. The molecule has 4 heterocycles. The van der Waals surface area contributed by atoms with E-state index >= 15 is 13.2 Å². The van der Waals surface area contributed by atoms with Crippen LogP contribution < -0.4 is 42.0 Å². The monoisotopic (exact) mass is 1320 g/mol. The van der Waals surface area contributed by atoms with E-state index in [0.29, 0.717) is 28.0 Å². The lowest BCUT2D eigenvalue weighted by Crippen LogP contribution is -2.63. The molecule has 27 nitrogen and oxygen atoms in total. The van der Waals surface area contributed by atoms with Gasteiger partial charge in [-0.15, -0.1) is 5.06 Å². The highest BCUT2D eigenvalue weighted by atomic mass is 35.5. The van der Waals surface area contributed by atoms with Crippen molar-refractivity contribution in [3.8, 4) is 5.75 Å². The lowest BCUT2D eigenvalue weighted by Gasteiger charge is -2.42. The number of hydrogen-bond acceptors (Lipinski definition) is 20. The van der Waals surface area contributed by atoms with Gasteiger partial charge in [0.1, 0.15) is 52.8 Å². The van der Waals surface area contributed by atoms with Crippen LogP contribution in [0, 0.1) is 11.8 Å². The van der Waals surface area contributed by atoms with E-state index in [9.17, 15) is 58.2 Å². The van der Waals surface area contributed by atoms with E-state index in [-0.39, 0.29) is 80.8 Å². The maximum Gasteiger partial charge on any atom is 0.417 e. The van der Waals surface area contributed by atoms with Crippen LogP contribution in [0.15, 0.2) is 54.1 Å². The molecule has 2 aromatic rings. The van der Waals surface area contributed by atoms with Crippen LogP contribution in [0.1, 0.15) is 127 Å². The highest BCUT2D eigenvalue weighted by Gasteiger charge is 2.64. The molecule has 506 valence electrons. The second kappa shape index (κ2) is 31.3. The Kier molecular flexibility index (Phi) is 24.9. The van der Waals surface area contributed by atoms with Gasteiger partial charge in [0.05, 0.1) is 36.4 Å². The molecule has 9 N–H and O–H groups in total. The molecule has 31 heteroatoms. The largest absolute Gasteiger partial charge is 0.495 e. The van der Waals surface area contributed by atoms with Gasteiger partial charge in [-0.2, -0.15) is 13.2 Å². The SMILES string of the molecule is COc1cc2cc(c1Cl)N(C)C(=O)C[C@H](OC(=O)[C@H](C)N(C)C(=O)c1ccc(NC(=O)[C@H](CCCNC(N)O)NC(=O)[C@@H](NC(=O)CCCCC(=O)ON3C(=O)CCC3=O)C(C)C)cc1C(F)(F)F)[C@]1(C)O[C@H]1[C@H](C)[C@@H]1C[C@@](O)(NC(=O)O1)[C@H](OC)/C=C/C=C(\C)C2. The minimum atomic E-state index is -5.27. The molecule has 0 aliphatic carbocycles. The average molecular weight is 1320 g/mol. The third kappa shape index (κ3) is 18.5. The normalized spacial score (nSPS) is 24.9. The Morgan fingerprint density at radius 1 is 0.967 bits per heavy atom. The predicted octanol–water partition coefficient (Wildman–Crippen LogP) is 4.18. The van der Waals surface area contributed by atoms with Crippen molar-refractivity contribution in [2.75, 3.05) is 45.1 Å². The maximum atomic E-state index is 15.1. The summed E-state index contributed by atoms with van der Waals surface area (Å²) in [6, 6.07) is 1.21. The molecule has 11 atom stereocenters. The number of hydrogen-bond donors (Lipinski definition) is 8. The lowest BCUT2D eigenvalue weighted by molar-refractivity contribution is -0.197. The lowest BCUT2D eigenvalue weighted by atomic mass is 9.83. The number of ether oxygens (including phenoxy) is 5. The average Bonchev–Trinajstić information content (AvgIpc) is 1.56. The molecule has 0 radical (unpaired) electrons. The molecule has 6 rings (SSSR count). The summed E-state index contributed by atoms with van der Waals surface area (Å²) in [5.41, 5.74) is 0.564. The van der Waals surface area contributed by atoms with E-state index in [1.54, 1.807) is 51.1 Å². The van der Waals surface area contributed by atoms with Crippen LogP contribution in [0.25, 0.3) is 0 Å². The standard InChI is InChI=1S/C61H81ClF3N9O18/c1-31(2)51(70-45(75)18-11-12-19-49(79)92-74-46(76)22-23-47(74)77)54(81)69-39(16-14-24-67-57(66)84)53(80)68-36-20-21-37(38(28-36)61(63,64)65)55(82)72(7)34(5)56(83)90-44-29-48(78)73(8)40-26-35(27-41(87-9)50(40)62)25-32(3)15-13-17-43(88-10)60(86)30-42(89-58(85)71-60)33(4)52-59(44,6)91-52/h13,15,17,20-21,26-28,31,33-34,39,42-44,51-52,57,67,84,86H,11-12,14,16,18-19,22-25,29-30,66H2,1-10H3,(H,68,80)(H,69,81)(H,70,75)(H,71,85)/b17-13+,32-15+/t33-,34+,39+,42+,43-,44+,51+,52+,57?,59+,60+/m1/s1. The number of hydroxylamine groups is 2. The third-order valence-electron chi connectivity index (χ3n) is 16.4. The summed E-state index contributed by atoms with van der Waals surface area (Å²) in [5.74, 6) is -8.95. The number of anilines is 2. The molecule has 2 aromatic carbocycles. The number of nitrogens with one attached hydrogen (secondary N) is 5. The van der Waals surface area contributed by atoms with Gasteiger partial charge >= 0.3 is 24.2 Å². The van der Waals surface area contributed by atoms with Crippen molar-refractivity contribution in [1.29, 1.82) is 0 Å². The number of aliphatic hydroxyl groups is 2. The van der Waals surface area contributed by atoms with Crippen LogP contribution in [-0.4, -0.2) is 175 Å². The van der Waals surface area contributed by atoms with Crippen LogP contribution in [0.2, 0.25) is 5.02 Å². The van der Waals surface area contributed by atoms with Crippen molar-refractivity contribution in [2.45, 2.75) is 179 Å². The number of nitrogens with two attached hydrogens (primary N) is 1. The Labute approximate surface area is 534 Å². The van der Waals surface area contributed by atoms with Crippen molar-refractivity contribution in [1.82, 2.24) is 31.2 Å². The number of amides is 8. The fourth-order valence-electron chi connectivity index (χ4n) is 10.9. The fraction of sp³-hybridized carbons (Fsp3) is 0.574. The minimum Gasteiger partial charge on any atom is -0.495 e. The number of methoxy groups -OCH3 is 2. The highest BCUT2D eigenvalue weighted by Crippen LogP contribution is 2.49. The van der Waals surface area contributed by atoms with Gasteiger partial charge in [0.2, 0.25) is 23.6 Å². The summed E-state index contributed by atoms with van der Waals surface area (Å²) in [7, 11) is 5.23. The summed E-state index contributed by atoms with van der Waals surface area (Å²) in [5, 5.41) is 34.4. The number of esters is 1. The summed E-state index contributed by atoms with van der Waals surface area (Å²) < 4.78 is 74.6. The molecule has 0 aromatic heterocycles. The van der Waals surface area contributed by atoms with Crippen molar-refractivity contribution < 1.29 is 99.9 Å². The highest BCUT2D eigenvalue weighted by molar-refractivity contribution is 6.35.